The van der Waals surface area contributed by atoms with E-state index in [-0.39, 0.29) is 5.91 Å². The summed E-state index contributed by atoms with van der Waals surface area (Å²) in [6.45, 7) is 10.0. The van der Waals surface area contributed by atoms with E-state index in [0.29, 0.717) is 16.8 Å². The highest BCUT2D eigenvalue weighted by molar-refractivity contribution is 8.01. The number of aryl methyl sites for hydroxylation is 2. The molecule has 130 valence electrons. The Hall–Kier alpha value is -1.60. The molecule has 0 saturated heterocycles. The molecule has 0 radical (unpaired) electrons. The summed E-state index contributed by atoms with van der Waals surface area (Å²) in [5.41, 5.74) is 2.21. The molecule has 5 nitrogen and oxygen atoms in total. The number of ether oxygens (including phenoxy) is 1. The minimum atomic E-state index is -0.609. The van der Waals surface area contributed by atoms with Gasteiger partial charge in [-0.25, -0.2) is 0 Å². The molecular weight excluding hydrogens is 342 g/mol. The SMILES string of the molecule is Cc1cc(C)cc(O[C@H](C)C(=O)Nc2nnc(SCC(C)C)s2)c1. The van der Waals surface area contributed by atoms with Crippen molar-refractivity contribution >= 4 is 34.1 Å². The van der Waals surface area contributed by atoms with Gasteiger partial charge >= 0.3 is 0 Å². The molecule has 0 bridgehead atoms. The van der Waals surface area contributed by atoms with E-state index in [1.165, 1.54) is 11.3 Å². The molecule has 1 amide bonds. The van der Waals surface area contributed by atoms with Gasteiger partial charge in [-0.05, 0) is 49.9 Å². The number of hydrogen-bond donors (Lipinski definition) is 1. The first-order valence-corrected chi connectivity index (χ1v) is 9.66. The zero-order valence-corrected chi connectivity index (χ0v) is 16.3. The number of benzene rings is 1. The van der Waals surface area contributed by atoms with Crippen molar-refractivity contribution in [2.45, 2.75) is 45.1 Å². The highest BCUT2D eigenvalue weighted by Crippen LogP contribution is 2.27. The van der Waals surface area contributed by atoms with Gasteiger partial charge in [-0.1, -0.05) is 43.0 Å². The van der Waals surface area contributed by atoms with Gasteiger partial charge in [0.15, 0.2) is 10.4 Å². The number of hydrogen-bond acceptors (Lipinski definition) is 6. The summed E-state index contributed by atoms with van der Waals surface area (Å²) in [6.07, 6.45) is -0.609. The molecule has 1 aromatic carbocycles. The summed E-state index contributed by atoms with van der Waals surface area (Å²) in [7, 11) is 0. The monoisotopic (exact) mass is 365 g/mol. The lowest BCUT2D eigenvalue weighted by atomic mass is 10.1. The second kappa shape index (κ2) is 8.48. The van der Waals surface area contributed by atoms with E-state index >= 15 is 0 Å². The van der Waals surface area contributed by atoms with Crippen molar-refractivity contribution < 1.29 is 9.53 Å². The van der Waals surface area contributed by atoms with Crippen LogP contribution in [0.25, 0.3) is 0 Å². The number of amides is 1. The van der Waals surface area contributed by atoms with E-state index < -0.39 is 6.10 Å². The van der Waals surface area contributed by atoms with Crippen molar-refractivity contribution in [2.24, 2.45) is 5.92 Å². The van der Waals surface area contributed by atoms with Crippen molar-refractivity contribution in [1.29, 1.82) is 0 Å². The molecule has 24 heavy (non-hydrogen) atoms. The topological polar surface area (TPSA) is 64.1 Å². The van der Waals surface area contributed by atoms with Gasteiger partial charge in [0.1, 0.15) is 5.75 Å². The van der Waals surface area contributed by atoms with Gasteiger partial charge in [-0.3, -0.25) is 10.1 Å². The summed E-state index contributed by atoms with van der Waals surface area (Å²) >= 11 is 3.04. The fraction of sp³-hybridized carbons (Fsp3) is 0.471. The first-order chi connectivity index (χ1) is 11.3. The molecule has 0 spiro atoms. The number of carbonyl (C=O) groups is 1. The van der Waals surface area contributed by atoms with Crippen LogP contribution >= 0.6 is 23.1 Å². The predicted octanol–water partition coefficient (Wildman–Crippen LogP) is 4.31. The van der Waals surface area contributed by atoms with E-state index in [0.717, 1.165) is 21.2 Å². The van der Waals surface area contributed by atoms with Crippen molar-refractivity contribution in [2.75, 3.05) is 11.1 Å². The first kappa shape index (κ1) is 18.7. The zero-order chi connectivity index (χ0) is 17.7. The van der Waals surface area contributed by atoms with Crippen LogP contribution in [-0.2, 0) is 4.79 Å². The smallest absolute Gasteiger partial charge is 0.266 e. The standard InChI is InChI=1S/C17H23N3O2S2/c1-10(2)9-23-17-20-19-16(24-17)18-15(21)13(5)22-14-7-11(3)6-12(4)8-14/h6-8,10,13H,9H2,1-5H3,(H,18,19,21)/t13-/m1/s1. The summed E-state index contributed by atoms with van der Waals surface area (Å²) < 4.78 is 6.60. The van der Waals surface area contributed by atoms with Gasteiger partial charge in [0.25, 0.3) is 5.91 Å². The van der Waals surface area contributed by atoms with Gasteiger partial charge in [0, 0.05) is 5.75 Å². The quantitative estimate of drug-likeness (QED) is 0.585. The number of rotatable bonds is 7. The van der Waals surface area contributed by atoms with Crippen molar-refractivity contribution in [3.8, 4) is 5.75 Å². The number of carbonyl (C=O) groups excluding carboxylic acids is 1. The highest BCUT2D eigenvalue weighted by atomic mass is 32.2. The Morgan fingerprint density at radius 2 is 1.88 bits per heavy atom. The minimum absolute atomic E-state index is 0.231. The second-order valence-electron chi connectivity index (χ2n) is 6.15. The summed E-state index contributed by atoms with van der Waals surface area (Å²) in [5.74, 6) is 2.03. The third-order valence-electron chi connectivity index (χ3n) is 3.05. The van der Waals surface area contributed by atoms with Crippen molar-refractivity contribution in [3.63, 3.8) is 0 Å². The number of thioether (sulfide) groups is 1. The zero-order valence-electron chi connectivity index (χ0n) is 14.6. The van der Waals surface area contributed by atoms with E-state index in [4.69, 9.17) is 4.74 Å². The van der Waals surface area contributed by atoms with Crippen molar-refractivity contribution in [1.82, 2.24) is 10.2 Å². The number of anilines is 1. The molecule has 1 heterocycles. The van der Waals surface area contributed by atoms with Gasteiger partial charge in [0.2, 0.25) is 5.13 Å². The van der Waals surface area contributed by atoms with Crippen LogP contribution in [0.5, 0.6) is 5.75 Å². The van der Waals surface area contributed by atoms with E-state index in [1.807, 2.05) is 26.0 Å². The summed E-state index contributed by atoms with van der Waals surface area (Å²) in [5, 5.41) is 11.4. The lowest BCUT2D eigenvalue weighted by Crippen LogP contribution is -2.30. The normalized spacial score (nSPS) is 12.2. The van der Waals surface area contributed by atoms with E-state index in [2.05, 4.69) is 35.4 Å². The minimum Gasteiger partial charge on any atom is -0.481 e. The van der Waals surface area contributed by atoms with Crippen molar-refractivity contribution in [3.05, 3.63) is 29.3 Å². The lowest BCUT2D eigenvalue weighted by Gasteiger charge is -2.14. The molecule has 0 aliphatic heterocycles. The molecule has 0 unspecified atom stereocenters. The van der Waals surface area contributed by atoms with Crippen LogP contribution in [0.4, 0.5) is 5.13 Å². The fourth-order valence-electron chi connectivity index (χ4n) is 2.02. The second-order valence-corrected chi connectivity index (χ2v) is 8.40. The Balaban J connectivity index is 1.91. The number of nitrogens with one attached hydrogen (secondary N) is 1. The molecule has 1 atom stereocenters. The average molecular weight is 366 g/mol. The maximum absolute atomic E-state index is 12.3. The average Bonchev–Trinajstić information content (AvgIpc) is 2.91. The largest absolute Gasteiger partial charge is 0.481 e. The number of nitrogens with zero attached hydrogens (tertiary/aromatic N) is 2. The maximum Gasteiger partial charge on any atom is 0.266 e. The molecule has 2 rings (SSSR count). The molecule has 2 aromatic rings. The van der Waals surface area contributed by atoms with Crippen LogP contribution in [0.3, 0.4) is 0 Å². The Labute approximate surface area is 151 Å². The van der Waals surface area contributed by atoms with Crippen LogP contribution in [0.2, 0.25) is 0 Å². The van der Waals surface area contributed by atoms with Crippen LogP contribution in [0.1, 0.15) is 31.9 Å². The first-order valence-electron chi connectivity index (χ1n) is 7.85. The van der Waals surface area contributed by atoms with Crippen LogP contribution in [-0.4, -0.2) is 28.0 Å². The Kier molecular flexibility index (Phi) is 6.62. The fourth-order valence-corrected chi connectivity index (χ4v) is 3.75. The Bertz CT molecular complexity index is 681. The molecule has 0 saturated carbocycles. The molecule has 0 aliphatic rings. The molecular formula is C17H23N3O2S2. The molecule has 1 aromatic heterocycles. The molecule has 1 N–H and O–H groups in total. The Morgan fingerprint density at radius 3 is 2.50 bits per heavy atom. The summed E-state index contributed by atoms with van der Waals surface area (Å²) in [4.78, 5) is 12.3. The highest BCUT2D eigenvalue weighted by Gasteiger charge is 2.17. The van der Waals surface area contributed by atoms with Gasteiger partial charge in [-0.2, -0.15) is 0 Å². The van der Waals surface area contributed by atoms with Crippen LogP contribution < -0.4 is 10.1 Å². The predicted molar refractivity (Wildman–Crippen MR) is 100 cm³/mol. The number of aromatic nitrogens is 2. The third kappa shape index (κ3) is 5.79. The van der Waals surface area contributed by atoms with Gasteiger partial charge in [-0.15, -0.1) is 10.2 Å². The molecule has 0 aliphatic carbocycles. The molecule has 0 fully saturated rings. The maximum atomic E-state index is 12.3. The van der Waals surface area contributed by atoms with Gasteiger partial charge in [0.05, 0.1) is 0 Å². The van der Waals surface area contributed by atoms with E-state index in [9.17, 15) is 4.79 Å². The van der Waals surface area contributed by atoms with Gasteiger partial charge < -0.3 is 4.74 Å². The summed E-state index contributed by atoms with van der Waals surface area (Å²) in [6, 6.07) is 5.90. The Morgan fingerprint density at radius 1 is 1.21 bits per heavy atom. The van der Waals surface area contributed by atoms with Crippen LogP contribution in [0.15, 0.2) is 22.5 Å². The molecule has 7 heteroatoms. The van der Waals surface area contributed by atoms with E-state index in [1.54, 1.807) is 18.7 Å². The third-order valence-corrected chi connectivity index (χ3v) is 5.45. The lowest BCUT2D eigenvalue weighted by molar-refractivity contribution is -0.122. The van der Waals surface area contributed by atoms with Crippen LogP contribution in [0, 0.1) is 19.8 Å².